The lowest BCUT2D eigenvalue weighted by atomic mass is 9.84. The van der Waals surface area contributed by atoms with Crippen LogP contribution in [0.4, 0.5) is 22.0 Å². The smallest absolute Gasteiger partial charge is 0.323 e. The third-order valence-electron chi connectivity index (χ3n) is 5.03. The molecule has 13 heteroatoms. The summed E-state index contributed by atoms with van der Waals surface area (Å²) in [6.45, 7) is -1.01. The lowest BCUT2D eigenvalue weighted by Crippen LogP contribution is -2.48. The summed E-state index contributed by atoms with van der Waals surface area (Å²) in [7, 11) is 0. The fraction of sp³-hybridized carbons (Fsp3) is 0.136. The van der Waals surface area contributed by atoms with Crippen molar-refractivity contribution in [2.24, 2.45) is 0 Å². The quantitative estimate of drug-likeness (QED) is 0.394. The maximum absolute atomic E-state index is 15.7. The van der Waals surface area contributed by atoms with Gasteiger partial charge in [0, 0.05) is 11.6 Å². The number of alkyl halides is 2. The highest BCUT2D eigenvalue weighted by molar-refractivity contribution is 5.39. The average molecular weight is 488 g/mol. The molecule has 0 aliphatic heterocycles. The van der Waals surface area contributed by atoms with Gasteiger partial charge in [0.1, 0.15) is 29.4 Å². The van der Waals surface area contributed by atoms with Crippen LogP contribution in [0.2, 0.25) is 0 Å². The Morgan fingerprint density at radius 3 is 2.43 bits per heavy atom. The summed E-state index contributed by atoms with van der Waals surface area (Å²) in [5, 5.41) is 30.0. The number of tetrazole rings is 1. The number of nitrogens with zero attached hydrogens (tertiary/aromatic N) is 6. The van der Waals surface area contributed by atoms with Crippen molar-refractivity contribution >= 4 is 0 Å². The summed E-state index contributed by atoms with van der Waals surface area (Å²) < 4.78 is 79.4. The number of hydrogen-bond acceptors (Lipinski definition) is 7. The van der Waals surface area contributed by atoms with Gasteiger partial charge in [-0.05, 0) is 52.9 Å². The van der Waals surface area contributed by atoms with E-state index >= 15 is 8.78 Å². The van der Waals surface area contributed by atoms with Gasteiger partial charge < -0.3 is 9.84 Å². The van der Waals surface area contributed by atoms with Gasteiger partial charge in [0.05, 0.1) is 24.4 Å². The van der Waals surface area contributed by atoms with Crippen molar-refractivity contribution in [3.63, 3.8) is 0 Å². The van der Waals surface area contributed by atoms with Crippen LogP contribution in [0.25, 0.3) is 0 Å². The second kappa shape index (κ2) is 9.07. The number of rotatable bonds is 7. The van der Waals surface area contributed by atoms with Crippen molar-refractivity contribution in [2.75, 3.05) is 0 Å². The van der Waals surface area contributed by atoms with E-state index in [1.54, 1.807) is 6.07 Å². The molecule has 1 unspecified atom stereocenters. The Morgan fingerprint density at radius 2 is 1.83 bits per heavy atom. The highest BCUT2D eigenvalue weighted by Crippen LogP contribution is 2.47. The molecule has 0 saturated heterocycles. The van der Waals surface area contributed by atoms with Crippen LogP contribution in [-0.4, -0.2) is 30.3 Å². The highest BCUT2D eigenvalue weighted by atomic mass is 19.3. The SMILES string of the molecule is N#Cc1ccc(Oc2ccc(C(F)(F)C(O)(Cn3cnnn3)c3ccc(F)cc3F)nc2)c(F)c1. The Balaban J connectivity index is 1.69. The van der Waals surface area contributed by atoms with E-state index < -0.39 is 46.8 Å². The van der Waals surface area contributed by atoms with Crippen molar-refractivity contribution in [3.8, 4) is 17.6 Å². The maximum atomic E-state index is 15.7. The van der Waals surface area contributed by atoms with E-state index in [0.29, 0.717) is 12.1 Å². The molecule has 0 bridgehead atoms. The summed E-state index contributed by atoms with van der Waals surface area (Å²) in [5.74, 6) is -7.99. The number of aromatic nitrogens is 5. The van der Waals surface area contributed by atoms with Crippen molar-refractivity contribution in [1.82, 2.24) is 25.2 Å². The van der Waals surface area contributed by atoms with Gasteiger partial charge in [-0.15, -0.1) is 5.10 Å². The molecule has 0 fully saturated rings. The first kappa shape index (κ1) is 23.7. The average Bonchev–Trinajstić information content (AvgIpc) is 3.33. The van der Waals surface area contributed by atoms with Gasteiger partial charge in [-0.3, -0.25) is 4.98 Å². The maximum Gasteiger partial charge on any atom is 0.323 e. The molecule has 0 aliphatic carbocycles. The normalized spacial score (nSPS) is 13.2. The first-order valence-corrected chi connectivity index (χ1v) is 9.74. The van der Waals surface area contributed by atoms with Crippen LogP contribution < -0.4 is 4.74 Å². The lowest BCUT2D eigenvalue weighted by Gasteiger charge is -2.35. The first-order chi connectivity index (χ1) is 16.6. The molecular formula is C22H13F5N6O2. The molecule has 0 radical (unpaired) electrons. The van der Waals surface area contributed by atoms with Crippen molar-refractivity contribution in [1.29, 1.82) is 5.26 Å². The second-order valence-corrected chi connectivity index (χ2v) is 7.30. The van der Waals surface area contributed by atoms with Gasteiger partial charge in [0.15, 0.2) is 17.2 Å². The molecular weight excluding hydrogens is 475 g/mol. The van der Waals surface area contributed by atoms with Crippen LogP contribution in [0.5, 0.6) is 11.5 Å². The highest BCUT2D eigenvalue weighted by Gasteiger charge is 2.58. The molecule has 2 heterocycles. The molecule has 1 N–H and O–H groups in total. The number of ether oxygens (including phenoxy) is 1. The van der Waals surface area contributed by atoms with Crippen LogP contribution in [-0.2, 0) is 18.1 Å². The third kappa shape index (κ3) is 4.51. The van der Waals surface area contributed by atoms with Crippen LogP contribution in [0.1, 0.15) is 16.8 Å². The van der Waals surface area contributed by atoms with Crippen LogP contribution in [0, 0.1) is 28.8 Å². The second-order valence-electron chi connectivity index (χ2n) is 7.30. The van der Waals surface area contributed by atoms with E-state index in [1.165, 1.54) is 12.1 Å². The zero-order chi connectivity index (χ0) is 25.2. The predicted octanol–water partition coefficient (Wildman–Crippen LogP) is 3.83. The van der Waals surface area contributed by atoms with Gasteiger partial charge in [-0.2, -0.15) is 14.0 Å². The fourth-order valence-electron chi connectivity index (χ4n) is 3.28. The largest absolute Gasteiger partial charge is 0.453 e. The van der Waals surface area contributed by atoms with Crippen molar-refractivity contribution in [3.05, 3.63) is 95.3 Å². The number of benzene rings is 2. The van der Waals surface area contributed by atoms with E-state index in [4.69, 9.17) is 10.00 Å². The molecule has 8 nitrogen and oxygen atoms in total. The lowest BCUT2D eigenvalue weighted by molar-refractivity contribution is -0.207. The van der Waals surface area contributed by atoms with Crippen LogP contribution in [0.15, 0.2) is 61.1 Å². The Hall–Kier alpha value is -4.44. The first-order valence-electron chi connectivity index (χ1n) is 9.74. The van der Waals surface area contributed by atoms with E-state index in [0.717, 1.165) is 41.5 Å². The van der Waals surface area contributed by atoms with Crippen LogP contribution >= 0.6 is 0 Å². The standard InChI is InChI=1S/C22H13F5N6O2/c23-14-2-4-16(17(24)8-14)21(34,11-33-12-30-31-32-33)22(26,27)20-6-3-15(10-29-20)35-19-5-1-13(9-28)7-18(19)25/h1-8,10,12,34H,11H2. The zero-order valence-corrected chi connectivity index (χ0v) is 17.4. The minimum Gasteiger partial charge on any atom is -0.453 e. The topological polar surface area (TPSA) is 110 Å². The Kier molecular flexibility index (Phi) is 6.14. The Bertz CT molecular complexity index is 1390. The molecule has 35 heavy (non-hydrogen) atoms. The zero-order valence-electron chi connectivity index (χ0n) is 17.4. The minimum atomic E-state index is -4.25. The Morgan fingerprint density at radius 1 is 1.03 bits per heavy atom. The summed E-state index contributed by atoms with van der Waals surface area (Å²) in [6.07, 6.45) is 1.78. The number of pyridine rings is 1. The molecule has 4 rings (SSSR count). The third-order valence-corrected chi connectivity index (χ3v) is 5.03. The van der Waals surface area contributed by atoms with E-state index in [-0.39, 0.29) is 17.1 Å². The summed E-state index contributed by atoms with van der Waals surface area (Å²) in [4.78, 5) is 3.61. The van der Waals surface area contributed by atoms with Crippen molar-refractivity contribution < 1.29 is 31.8 Å². The van der Waals surface area contributed by atoms with E-state index in [1.807, 2.05) is 0 Å². The molecule has 0 amide bonds. The fourth-order valence-corrected chi connectivity index (χ4v) is 3.28. The van der Waals surface area contributed by atoms with Crippen molar-refractivity contribution in [2.45, 2.75) is 18.1 Å². The summed E-state index contributed by atoms with van der Waals surface area (Å²) in [5.41, 5.74) is -5.15. The summed E-state index contributed by atoms with van der Waals surface area (Å²) in [6, 6.07) is 8.75. The molecule has 2 aromatic carbocycles. The van der Waals surface area contributed by atoms with Gasteiger partial charge >= 0.3 is 5.92 Å². The molecule has 2 aromatic heterocycles. The van der Waals surface area contributed by atoms with Gasteiger partial charge in [0.25, 0.3) is 0 Å². The minimum absolute atomic E-state index is 0.0536. The summed E-state index contributed by atoms with van der Waals surface area (Å²) >= 11 is 0. The molecule has 178 valence electrons. The van der Waals surface area contributed by atoms with E-state index in [2.05, 4.69) is 20.5 Å². The predicted molar refractivity (Wildman–Crippen MR) is 107 cm³/mol. The Labute approximate surface area is 193 Å². The number of hydrogen-bond donors (Lipinski definition) is 1. The number of aliphatic hydroxyl groups is 1. The molecule has 4 aromatic rings. The monoisotopic (exact) mass is 488 g/mol. The van der Waals surface area contributed by atoms with Gasteiger partial charge in [-0.25, -0.2) is 17.9 Å². The van der Waals surface area contributed by atoms with E-state index in [9.17, 15) is 18.3 Å². The number of nitriles is 1. The van der Waals surface area contributed by atoms with Gasteiger partial charge in [0.2, 0.25) is 0 Å². The molecule has 0 aliphatic rings. The van der Waals surface area contributed by atoms with Crippen LogP contribution in [0.3, 0.4) is 0 Å². The molecule has 0 spiro atoms. The number of halogens is 5. The molecule has 1 atom stereocenters. The van der Waals surface area contributed by atoms with Gasteiger partial charge in [-0.1, -0.05) is 0 Å². The molecule has 0 saturated carbocycles.